The molecule has 5 aromatic rings. The van der Waals surface area contributed by atoms with E-state index >= 15 is 0 Å². The minimum absolute atomic E-state index is 0.104. The van der Waals surface area contributed by atoms with Crippen LogP contribution >= 0.6 is 12.2 Å². The summed E-state index contributed by atoms with van der Waals surface area (Å²) in [6.45, 7) is 1.50. The molecule has 0 unspecified atom stereocenters. The number of hydrogen-bond donors (Lipinski definition) is 2. The summed E-state index contributed by atoms with van der Waals surface area (Å²) in [5.74, 6) is -0.104. The first-order valence-corrected chi connectivity index (χ1v) is 12.5. The highest BCUT2D eigenvalue weighted by atomic mass is 32.1. The van der Waals surface area contributed by atoms with Crippen molar-refractivity contribution in [1.82, 2.24) is 14.9 Å². The number of anilines is 2. The number of pyridine rings is 1. The summed E-state index contributed by atoms with van der Waals surface area (Å²) in [7, 11) is 0. The molecule has 1 fully saturated rings. The van der Waals surface area contributed by atoms with Crippen molar-refractivity contribution in [1.29, 1.82) is 0 Å². The van der Waals surface area contributed by atoms with E-state index in [1.165, 1.54) is 17.7 Å². The second-order valence-electron chi connectivity index (χ2n) is 9.06. The van der Waals surface area contributed by atoms with Crippen LogP contribution in [-0.2, 0) is 4.79 Å². The zero-order valence-corrected chi connectivity index (χ0v) is 21.0. The summed E-state index contributed by atoms with van der Waals surface area (Å²) in [6.07, 6.45) is 3.90. The molecule has 2 atom stereocenters. The average Bonchev–Trinajstić information content (AvgIpc) is 3.53. The SMILES string of the molecule is CC(=O)Nc1ccc(N2C(=S)N[C@@H](c3ccccn3)[C@H]2c2cccn2-c2ccc3ccccc3c2)cc1. The number of benzene rings is 3. The van der Waals surface area contributed by atoms with Gasteiger partial charge in [-0.15, -0.1) is 0 Å². The summed E-state index contributed by atoms with van der Waals surface area (Å²) >= 11 is 5.88. The van der Waals surface area contributed by atoms with Crippen molar-refractivity contribution in [2.24, 2.45) is 0 Å². The summed E-state index contributed by atoms with van der Waals surface area (Å²) in [5, 5.41) is 9.37. The third-order valence-electron chi connectivity index (χ3n) is 6.66. The van der Waals surface area contributed by atoms with Gasteiger partial charge < -0.3 is 20.1 Å². The van der Waals surface area contributed by atoms with Crippen molar-refractivity contribution in [3.8, 4) is 5.69 Å². The van der Waals surface area contributed by atoms with Crippen molar-refractivity contribution in [3.05, 3.63) is 121 Å². The van der Waals surface area contributed by atoms with Crippen LogP contribution in [0.1, 0.15) is 30.4 Å². The molecule has 3 aromatic carbocycles. The van der Waals surface area contributed by atoms with E-state index in [1.807, 2.05) is 48.7 Å². The molecule has 1 aliphatic heterocycles. The predicted octanol–water partition coefficient (Wildman–Crippen LogP) is 6.16. The Labute approximate surface area is 220 Å². The molecule has 0 saturated carbocycles. The maximum absolute atomic E-state index is 11.5. The molecule has 6 rings (SSSR count). The van der Waals surface area contributed by atoms with Crippen LogP contribution in [0.15, 0.2) is 109 Å². The van der Waals surface area contributed by atoms with E-state index in [0.717, 1.165) is 28.5 Å². The van der Waals surface area contributed by atoms with Gasteiger partial charge in [-0.05, 0) is 83.7 Å². The zero-order chi connectivity index (χ0) is 25.4. The first kappa shape index (κ1) is 22.9. The standard InChI is InChI=1S/C30H25N5OS/c1-20(36)32-23-12-15-24(16-13-23)35-29(28(33-30(35)37)26-9-4-5-17-31-26)27-10-6-18-34(27)25-14-11-21-7-2-3-8-22(21)19-25/h2-19,28-29H,1H3,(H,32,36)(H,33,37)/t28-,29+/m0/s1. The Morgan fingerprint density at radius 3 is 2.41 bits per heavy atom. The van der Waals surface area contributed by atoms with Crippen LogP contribution < -0.4 is 15.5 Å². The molecular weight excluding hydrogens is 478 g/mol. The molecular formula is C30H25N5OS. The van der Waals surface area contributed by atoms with Gasteiger partial charge in [-0.1, -0.05) is 36.4 Å². The van der Waals surface area contributed by atoms with Crippen LogP contribution in [0.25, 0.3) is 16.5 Å². The lowest BCUT2D eigenvalue weighted by Gasteiger charge is -2.29. The van der Waals surface area contributed by atoms with Gasteiger partial charge in [-0.3, -0.25) is 9.78 Å². The molecule has 2 N–H and O–H groups in total. The fourth-order valence-corrected chi connectivity index (χ4v) is 5.38. The third kappa shape index (κ3) is 4.34. The van der Waals surface area contributed by atoms with E-state index in [-0.39, 0.29) is 18.0 Å². The lowest BCUT2D eigenvalue weighted by atomic mass is 10.0. The lowest BCUT2D eigenvalue weighted by Crippen LogP contribution is -2.30. The molecule has 7 heteroatoms. The number of hydrogen-bond acceptors (Lipinski definition) is 3. The quantitative estimate of drug-likeness (QED) is 0.281. The number of amides is 1. The highest BCUT2D eigenvalue weighted by molar-refractivity contribution is 7.80. The van der Waals surface area contributed by atoms with Gasteiger partial charge in [0.05, 0.1) is 11.7 Å². The van der Waals surface area contributed by atoms with Gasteiger partial charge in [0.25, 0.3) is 0 Å². The van der Waals surface area contributed by atoms with Crippen molar-refractivity contribution in [2.75, 3.05) is 10.2 Å². The van der Waals surface area contributed by atoms with Crippen LogP contribution in [-0.4, -0.2) is 20.6 Å². The van der Waals surface area contributed by atoms with Gasteiger partial charge >= 0.3 is 0 Å². The van der Waals surface area contributed by atoms with Gasteiger partial charge in [0.15, 0.2) is 5.11 Å². The highest BCUT2D eigenvalue weighted by Gasteiger charge is 2.42. The van der Waals surface area contributed by atoms with Gasteiger partial charge in [0.1, 0.15) is 6.04 Å². The monoisotopic (exact) mass is 503 g/mol. The number of rotatable bonds is 5. The summed E-state index contributed by atoms with van der Waals surface area (Å²) in [5.41, 5.74) is 4.76. The van der Waals surface area contributed by atoms with E-state index < -0.39 is 0 Å². The molecule has 2 aromatic heterocycles. The van der Waals surface area contributed by atoms with Crippen LogP contribution in [0.5, 0.6) is 0 Å². The smallest absolute Gasteiger partial charge is 0.221 e. The van der Waals surface area contributed by atoms with E-state index in [2.05, 4.69) is 85.9 Å². The molecule has 0 aliphatic carbocycles. The molecule has 6 nitrogen and oxygen atoms in total. The van der Waals surface area contributed by atoms with Gasteiger partial charge in [-0.2, -0.15) is 0 Å². The number of nitrogens with zero attached hydrogens (tertiary/aromatic N) is 3. The van der Waals surface area contributed by atoms with E-state index in [9.17, 15) is 4.79 Å². The Morgan fingerprint density at radius 1 is 0.892 bits per heavy atom. The Hall–Kier alpha value is -4.49. The normalized spacial score (nSPS) is 17.1. The molecule has 1 aliphatic rings. The molecule has 0 bridgehead atoms. The minimum atomic E-state index is -0.157. The zero-order valence-electron chi connectivity index (χ0n) is 20.2. The number of carbonyl (C=O) groups excluding carboxylic acids is 1. The number of aromatic nitrogens is 2. The Bertz CT molecular complexity index is 1600. The van der Waals surface area contributed by atoms with Crippen molar-refractivity contribution in [3.63, 3.8) is 0 Å². The second kappa shape index (κ2) is 9.52. The highest BCUT2D eigenvalue weighted by Crippen LogP contribution is 2.42. The molecule has 3 heterocycles. The summed E-state index contributed by atoms with van der Waals surface area (Å²) in [4.78, 5) is 18.3. The first-order chi connectivity index (χ1) is 18.1. The van der Waals surface area contributed by atoms with Crippen LogP contribution in [0.2, 0.25) is 0 Å². The minimum Gasteiger partial charge on any atom is -0.351 e. The van der Waals surface area contributed by atoms with Gasteiger partial charge in [0.2, 0.25) is 5.91 Å². The molecule has 1 saturated heterocycles. The van der Waals surface area contributed by atoms with Crippen molar-refractivity contribution < 1.29 is 4.79 Å². The molecule has 182 valence electrons. The Kier molecular flexibility index (Phi) is 5.90. The maximum atomic E-state index is 11.5. The first-order valence-electron chi connectivity index (χ1n) is 12.1. The topological polar surface area (TPSA) is 62.2 Å². The summed E-state index contributed by atoms with van der Waals surface area (Å²) < 4.78 is 2.22. The predicted molar refractivity (Wildman–Crippen MR) is 152 cm³/mol. The number of fused-ring (bicyclic) bond motifs is 1. The molecule has 1 amide bonds. The lowest BCUT2D eigenvalue weighted by molar-refractivity contribution is -0.114. The Morgan fingerprint density at radius 2 is 1.65 bits per heavy atom. The van der Waals surface area contributed by atoms with Crippen LogP contribution in [0.4, 0.5) is 11.4 Å². The summed E-state index contributed by atoms with van der Waals surface area (Å²) in [6, 6.07) is 32.5. The second-order valence-corrected chi connectivity index (χ2v) is 9.45. The van der Waals surface area contributed by atoms with Gasteiger partial charge in [0, 0.05) is 42.1 Å². The van der Waals surface area contributed by atoms with E-state index in [4.69, 9.17) is 12.2 Å². The Balaban J connectivity index is 1.47. The molecule has 0 spiro atoms. The van der Waals surface area contributed by atoms with Crippen LogP contribution in [0.3, 0.4) is 0 Å². The van der Waals surface area contributed by atoms with Gasteiger partial charge in [-0.25, -0.2) is 0 Å². The fraction of sp³-hybridized carbons (Fsp3) is 0.100. The van der Waals surface area contributed by atoms with E-state index in [1.54, 1.807) is 0 Å². The number of carbonyl (C=O) groups is 1. The largest absolute Gasteiger partial charge is 0.351 e. The van der Waals surface area contributed by atoms with E-state index in [0.29, 0.717) is 5.11 Å². The third-order valence-corrected chi connectivity index (χ3v) is 6.97. The van der Waals surface area contributed by atoms with Crippen LogP contribution in [0, 0.1) is 0 Å². The number of nitrogens with one attached hydrogen (secondary N) is 2. The average molecular weight is 504 g/mol. The van der Waals surface area contributed by atoms with Crippen molar-refractivity contribution in [2.45, 2.75) is 19.0 Å². The molecule has 0 radical (unpaired) electrons. The molecule has 37 heavy (non-hydrogen) atoms. The number of thiocarbonyl (C=S) groups is 1. The maximum Gasteiger partial charge on any atom is 0.221 e. The fourth-order valence-electron chi connectivity index (χ4n) is 5.04. The van der Waals surface area contributed by atoms with Crippen molar-refractivity contribution >= 4 is 45.4 Å².